The lowest BCUT2D eigenvalue weighted by Crippen LogP contribution is -2.31. The lowest BCUT2D eigenvalue weighted by atomic mass is 10.0. The molecule has 3 rings (SSSR count). The third-order valence-corrected chi connectivity index (χ3v) is 5.95. The summed E-state index contributed by atoms with van der Waals surface area (Å²) in [6, 6.07) is 14.0. The maximum atomic E-state index is 12.3. The van der Waals surface area contributed by atoms with Gasteiger partial charge in [0.15, 0.2) is 5.78 Å². The molecule has 1 saturated heterocycles. The third-order valence-electron chi connectivity index (χ3n) is 5.46. The largest absolute Gasteiger partial charge is 0.371 e. The van der Waals surface area contributed by atoms with E-state index in [1.54, 1.807) is 0 Å². The fourth-order valence-electron chi connectivity index (χ4n) is 3.54. The van der Waals surface area contributed by atoms with Gasteiger partial charge in [-0.2, -0.15) is 0 Å². The molecule has 1 aliphatic heterocycles. The number of amides is 1. The second kappa shape index (κ2) is 9.37. The van der Waals surface area contributed by atoms with Gasteiger partial charge in [-0.25, -0.2) is 0 Å². The van der Waals surface area contributed by atoms with Crippen molar-refractivity contribution in [3.8, 4) is 0 Å². The number of hydrogen-bond acceptors (Lipinski definition) is 3. The quantitative estimate of drug-likeness (QED) is 0.633. The lowest BCUT2D eigenvalue weighted by molar-refractivity contribution is -0.121. The fourth-order valence-corrected chi connectivity index (χ4v) is 3.93. The number of nitrogens with zero attached hydrogens (tertiary/aromatic N) is 1. The number of hydrogen-bond donors (Lipinski definition) is 1. The van der Waals surface area contributed by atoms with Crippen LogP contribution in [0.4, 0.5) is 5.69 Å². The molecule has 148 valence electrons. The van der Waals surface area contributed by atoms with Crippen molar-refractivity contribution in [1.82, 2.24) is 5.32 Å². The highest BCUT2D eigenvalue weighted by Gasteiger charge is 2.23. The molecule has 1 amide bonds. The van der Waals surface area contributed by atoms with Crippen LogP contribution in [0.25, 0.3) is 0 Å². The molecule has 2 aromatic carbocycles. The van der Waals surface area contributed by atoms with Gasteiger partial charge in [-0.1, -0.05) is 34.1 Å². The predicted octanol–water partition coefficient (Wildman–Crippen LogP) is 4.67. The molecule has 0 bridgehead atoms. The summed E-state index contributed by atoms with van der Waals surface area (Å²) in [7, 11) is 0. The smallest absolute Gasteiger partial charge is 0.220 e. The molecule has 0 radical (unpaired) electrons. The summed E-state index contributed by atoms with van der Waals surface area (Å²) in [4.78, 5) is 26.8. The number of carbonyl (C=O) groups is 2. The molecule has 4 nitrogen and oxygen atoms in total. The first-order chi connectivity index (χ1) is 13.4. The van der Waals surface area contributed by atoms with Crippen LogP contribution in [-0.2, 0) is 4.79 Å². The maximum Gasteiger partial charge on any atom is 0.220 e. The molecular formula is C23H27BrN2O2. The van der Waals surface area contributed by atoms with Crippen molar-refractivity contribution in [2.24, 2.45) is 5.92 Å². The zero-order valence-electron chi connectivity index (χ0n) is 16.5. The zero-order chi connectivity index (χ0) is 20.1. The van der Waals surface area contributed by atoms with E-state index in [1.165, 1.54) is 11.3 Å². The number of rotatable bonds is 7. The van der Waals surface area contributed by atoms with Gasteiger partial charge in [0, 0.05) is 48.2 Å². The van der Waals surface area contributed by atoms with Crippen LogP contribution in [0.1, 0.15) is 40.7 Å². The number of ketones is 1. The summed E-state index contributed by atoms with van der Waals surface area (Å²) < 4.78 is 1.08. The Hall–Kier alpha value is -2.14. The molecule has 0 aromatic heterocycles. The minimum Gasteiger partial charge on any atom is -0.371 e. The summed E-state index contributed by atoms with van der Waals surface area (Å²) in [5.74, 6) is 0.427. The first-order valence-electron chi connectivity index (χ1n) is 9.80. The van der Waals surface area contributed by atoms with Crippen LogP contribution in [0.3, 0.4) is 0 Å². The molecule has 5 heteroatoms. The highest BCUT2D eigenvalue weighted by atomic mass is 79.9. The van der Waals surface area contributed by atoms with Crippen molar-refractivity contribution in [1.29, 1.82) is 0 Å². The molecular weight excluding hydrogens is 416 g/mol. The summed E-state index contributed by atoms with van der Waals surface area (Å²) in [5, 5.41) is 3.01. The molecule has 0 spiro atoms. The van der Waals surface area contributed by atoms with Gasteiger partial charge < -0.3 is 10.2 Å². The second-order valence-electron chi connectivity index (χ2n) is 7.61. The van der Waals surface area contributed by atoms with Crippen molar-refractivity contribution in [3.63, 3.8) is 0 Å². The summed E-state index contributed by atoms with van der Waals surface area (Å²) in [6.07, 6.45) is 1.56. The Morgan fingerprint density at radius 2 is 1.93 bits per heavy atom. The standard InChI is InChI=1S/C23H27BrN2O2/c1-16-6-7-19(12-17(16)2)22(27)8-9-23(28)25-14-18-10-11-26(15-18)21-5-3-4-20(24)13-21/h3-7,12-13,18H,8-11,14-15H2,1-2H3,(H,25,28). The molecule has 1 N–H and O–H groups in total. The Kier molecular flexibility index (Phi) is 6.89. The number of aryl methyl sites for hydroxylation is 2. The first-order valence-corrected chi connectivity index (χ1v) is 10.6. The van der Waals surface area contributed by atoms with Crippen molar-refractivity contribution in [2.75, 3.05) is 24.5 Å². The van der Waals surface area contributed by atoms with Crippen molar-refractivity contribution >= 4 is 33.3 Å². The Labute approximate surface area is 175 Å². The molecule has 1 aliphatic rings. The molecule has 1 fully saturated rings. The second-order valence-corrected chi connectivity index (χ2v) is 8.52. The van der Waals surface area contributed by atoms with Gasteiger partial charge in [0.25, 0.3) is 0 Å². The van der Waals surface area contributed by atoms with Crippen LogP contribution in [0.15, 0.2) is 46.9 Å². The first kappa shape index (κ1) is 20.6. The summed E-state index contributed by atoms with van der Waals surface area (Å²) in [5.41, 5.74) is 4.17. The van der Waals surface area contributed by atoms with Gasteiger partial charge in [0.05, 0.1) is 0 Å². The Balaban J connectivity index is 1.41. The molecule has 2 aromatic rings. The van der Waals surface area contributed by atoms with E-state index in [2.05, 4.69) is 38.3 Å². The van der Waals surface area contributed by atoms with Crippen LogP contribution in [0.2, 0.25) is 0 Å². The summed E-state index contributed by atoms with van der Waals surface area (Å²) in [6.45, 7) is 6.64. The van der Waals surface area contributed by atoms with E-state index >= 15 is 0 Å². The van der Waals surface area contributed by atoms with Crippen LogP contribution in [0, 0.1) is 19.8 Å². The topological polar surface area (TPSA) is 49.4 Å². The van der Waals surface area contributed by atoms with Crippen LogP contribution < -0.4 is 10.2 Å². The number of anilines is 1. The number of carbonyl (C=O) groups excluding carboxylic acids is 2. The van der Waals surface area contributed by atoms with E-state index < -0.39 is 0 Å². The van der Waals surface area contributed by atoms with E-state index in [0.29, 0.717) is 18.0 Å². The third kappa shape index (κ3) is 5.44. The minimum atomic E-state index is -0.0434. The van der Waals surface area contributed by atoms with Gasteiger partial charge in [0.2, 0.25) is 5.91 Å². The Bertz CT molecular complexity index is 865. The van der Waals surface area contributed by atoms with E-state index in [4.69, 9.17) is 0 Å². The van der Waals surface area contributed by atoms with Gasteiger partial charge in [0.1, 0.15) is 0 Å². The van der Waals surface area contributed by atoms with E-state index in [9.17, 15) is 9.59 Å². The molecule has 1 atom stereocenters. The zero-order valence-corrected chi connectivity index (χ0v) is 18.1. The Morgan fingerprint density at radius 1 is 1.11 bits per heavy atom. The van der Waals surface area contributed by atoms with Gasteiger partial charge >= 0.3 is 0 Å². The number of nitrogens with one attached hydrogen (secondary N) is 1. The van der Waals surface area contributed by atoms with Gasteiger partial charge in [-0.15, -0.1) is 0 Å². The highest BCUT2D eigenvalue weighted by Crippen LogP contribution is 2.26. The maximum absolute atomic E-state index is 12.3. The van der Waals surface area contributed by atoms with Crippen molar-refractivity contribution in [3.05, 3.63) is 63.6 Å². The average Bonchev–Trinajstić information content (AvgIpc) is 3.15. The number of benzene rings is 2. The van der Waals surface area contributed by atoms with E-state index in [0.717, 1.165) is 29.5 Å². The van der Waals surface area contributed by atoms with Crippen LogP contribution in [0.5, 0.6) is 0 Å². The average molecular weight is 443 g/mol. The molecule has 0 saturated carbocycles. The summed E-state index contributed by atoms with van der Waals surface area (Å²) >= 11 is 3.52. The normalized spacial score (nSPS) is 16.2. The number of halogens is 1. The minimum absolute atomic E-state index is 0.0277. The molecule has 1 heterocycles. The van der Waals surface area contributed by atoms with Crippen LogP contribution >= 0.6 is 15.9 Å². The number of Topliss-reactive ketones (excluding diaryl/α,β-unsaturated/α-hetero) is 1. The Morgan fingerprint density at radius 3 is 2.68 bits per heavy atom. The highest BCUT2D eigenvalue weighted by molar-refractivity contribution is 9.10. The van der Waals surface area contributed by atoms with Gasteiger partial charge in [-0.05, 0) is 61.6 Å². The molecule has 1 unspecified atom stereocenters. The monoisotopic (exact) mass is 442 g/mol. The van der Waals surface area contributed by atoms with E-state index in [1.807, 2.05) is 44.2 Å². The van der Waals surface area contributed by atoms with Crippen molar-refractivity contribution < 1.29 is 9.59 Å². The SMILES string of the molecule is Cc1ccc(C(=O)CCC(=O)NCC2CCN(c3cccc(Br)c3)C2)cc1C. The lowest BCUT2D eigenvalue weighted by Gasteiger charge is -2.19. The molecule has 28 heavy (non-hydrogen) atoms. The predicted molar refractivity (Wildman–Crippen MR) is 117 cm³/mol. The van der Waals surface area contributed by atoms with Crippen LogP contribution in [-0.4, -0.2) is 31.3 Å². The van der Waals surface area contributed by atoms with Gasteiger partial charge in [-0.3, -0.25) is 9.59 Å². The molecule has 0 aliphatic carbocycles. The fraction of sp³-hybridized carbons (Fsp3) is 0.391. The van der Waals surface area contributed by atoms with E-state index in [-0.39, 0.29) is 24.5 Å². The van der Waals surface area contributed by atoms with Crippen molar-refractivity contribution in [2.45, 2.75) is 33.1 Å².